The van der Waals surface area contributed by atoms with Crippen LogP contribution >= 0.6 is 0 Å². The van der Waals surface area contributed by atoms with Crippen molar-refractivity contribution in [3.63, 3.8) is 0 Å². The first-order chi connectivity index (χ1) is 11.3. The monoisotopic (exact) mass is 321 g/mol. The van der Waals surface area contributed by atoms with Gasteiger partial charge in [-0.1, -0.05) is 6.42 Å². The van der Waals surface area contributed by atoms with E-state index in [1.165, 1.54) is 19.3 Å². The molecule has 0 aliphatic carbocycles. The summed E-state index contributed by atoms with van der Waals surface area (Å²) < 4.78 is 5.60. The van der Waals surface area contributed by atoms with E-state index in [4.69, 9.17) is 4.42 Å². The second kappa shape index (κ2) is 7.84. The molecule has 2 atom stereocenters. The van der Waals surface area contributed by atoms with Crippen LogP contribution in [0.2, 0.25) is 0 Å². The van der Waals surface area contributed by atoms with Crippen LogP contribution in [0.25, 0.3) is 0 Å². The van der Waals surface area contributed by atoms with Crippen LogP contribution in [0.5, 0.6) is 0 Å². The molecular formula is C17H27N3O3. The molecule has 0 radical (unpaired) electrons. The maximum absolute atomic E-state index is 12.4. The van der Waals surface area contributed by atoms with Crippen molar-refractivity contribution >= 4 is 6.03 Å². The molecule has 2 amide bonds. The van der Waals surface area contributed by atoms with Crippen LogP contribution in [-0.2, 0) is 0 Å². The van der Waals surface area contributed by atoms with Crippen LogP contribution in [0.1, 0.15) is 43.9 Å². The number of hydrogen-bond acceptors (Lipinski definition) is 4. The molecule has 3 heterocycles. The van der Waals surface area contributed by atoms with Crippen molar-refractivity contribution in [2.75, 3.05) is 32.8 Å². The fraction of sp³-hybridized carbons (Fsp3) is 0.706. The number of aliphatic hydroxyl groups is 1. The Labute approximate surface area is 137 Å². The van der Waals surface area contributed by atoms with Gasteiger partial charge >= 0.3 is 6.03 Å². The van der Waals surface area contributed by atoms with Gasteiger partial charge in [-0.15, -0.1) is 0 Å². The normalized spacial score (nSPS) is 23.9. The number of carbonyl (C=O) groups is 1. The van der Waals surface area contributed by atoms with Crippen molar-refractivity contribution in [3.05, 3.63) is 24.2 Å². The van der Waals surface area contributed by atoms with Gasteiger partial charge in [0.25, 0.3) is 0 Å². The van der Waals surface area contributed by atoms with Crippen LogP contribution in [0, 0.1) is 0 Å². The number of carbonyl (C=O) groups excluding carboxylic acids is 1. The van der Waals surface area contributed by atoms with E-state index in [0.717, 1.165) is 38.2 Å². The number of aliphatic hydroxyl groups excluding tert-OH is 1. The van der Waals surface area contributed by atoms with Crippen molar-refractivity contribution in [2.45, 2.75) is 44.2 Å². The number of hydrogen-bond donors (Lipinski definition) is 2. The van der Waals surface area contributed by atoms with Crippen molar-refractivity contribution in [1.82, 2.24) is 15.1 Å². The highest BCUT2D eigenvalue weighted by Gasteiger charge is 2.30. The smallest absolute Gasteiger partial charge is 0.317 e. The molecule has 6 nitrogen and oxygen atoms in total. The van der Waals surface area contributed by atoms with Gasteiger partial charge in [0.1, 0.15) is 5.76 Å². The van der Waals surface area contributed by atoms with Gasteiger partial charge in [0.15, 0.2) is 0 Å². The molecule has 3 rings (SSSR count). The van der Waals surface area contributed by atoms with E-state index in [0.29, 0.717) is 6.54 Å². The summed E-state index contributed by atoms with van der Waals surface area (Å²) in [7, 11) is 0. The Bertz CT molecular complexity index is 485. The lowest BCUT2D eigenvalue weighted by atomic mass is 10.1. The molecule has 2 aliphatic rings. The summed E-state index contributed by atoms with van der Waals surface area (Å²) in [6.45, 7) is 3.41. The first kappa shape index (κ1) is 16.3. The largest absolute Gasteiger partial charge is 0.468 e. The quantitative estimate of drug-likeness (QED) is 0.870. The lowest BCUT2D eigenvalue weighted by molar-refractivity contribution is 0.133. The first-order valence-corrected chi connectivity index (χ1v) is 8.72. The maximum Gasteiger partial charge on any atom is 0.317 e. The molecule has 1 aromatic rings. The van der Waals surface area contributed by atoms with E-state index < -0.39 is 0 Å². The predicted molar refractivity (Wildman–Crippen MR) is 87.1 cm³/mol. The Kier molecular flexibility index (Phi) is 5.56. The summed E-state index contributed by atoms with van der Waals surface area (Å²) in [6, 6.07) is 3.86. The SMILES string of the molecule is O=C(NCC(c1ccco1)N1CCCCC1)N1CCCC1CO. The number of urea groups is 1. The average Bonchev–Trinajstić information content (AvgIpc) is 3.27. The van der Waals surface area contributed by atoms with Gasteiger partial charge in [-0.2, -0.15) is 0 Å². The second-order valence-electron chi connectivity index (χ2n) is 6.49. The predicted octanol–water partition coefficient (Wildman–Crippen LogP) is 1.97. The third kappa shape index (κ3) is 3.87. The summed E-state index contributed by atoms with van der Waals surface area (Å²) in [6.07, 6.45) is 7.22. The Morgan fingerprint density at radius 2 is 2.13 bits per heavy atom. The zero-order chi connectivity index (χ0) is 16.1. The van der Waals surface area contributed by atoms with E-state index in [1.807, 2.05) is 12.1 Å². The summed E-state index contributed by atoms with van der Waals surface area (Å²) in [5, 5.41) is 12.4. The molecule has 0 saturated carbocycles. The number of furan rings is 1. The highest BCUT2D eigenvalue weighted by atomic mass is 16.3. The third-order valence-corrected chi connectivity index (χ3v) is 5.00. The highest BCUT2D eigenvalue weighted by Crippen LogP contribution is 2.25. The zero-order valence-electron chi connectivity index (χ0n) is 13.6. The van der Waals surface area contributed by atoms with Crippen molar-refractivity contribution in [3.8, 4) is 0 Å². The van der Waals surface area contributed by atoms with Gasteiger partial charge < -0.3 is 19.7 Å². The third-order valence-electron chi connectivity index (χ3n) is 5.00. The van der Waals surface area contributed by atoms with Gasteiger partial charge in [0.05, 0.1) is 25.0 Å². The molecule has 128 valence electrons. The maximum atomic E-state index is 12.4. The van der Waals surface area contributed by atoms with Crippen LogP contribution in [0.3, 0.4) is 0 Å². The van der Waals surface area contributed by atoms with E-state index in [-0.39, 0.29) is 24.7 Å². The molecule has 0 bridgehead atoms. The number of amides is 2. The summed E-state index contributed by atoms with van der Waals surface area (Å²) in [5.74, 6) is 0.910. The molecule has 2 N–H and O–H groups in total. The molecular weight excluding hydrogens is 294 g/mol. The van der Waals surface area contributed by atoms with Crippen molar-refractivity contribution in [2.24, 2.45) is 0 Å². The fourth-order valence-corrected chi connectivity index (χ4v) is 3.70. The Balaban J connectivity index is 1.61. The topological polar surface area (TPSA) is 69.0 Å². The number of rotatable bonds is 5. The summed E-state index contributed by atoms with van der Waals surface area (Å²) >= 11 is 0. The number of likely N-dealkylation sites (tertiary alicyclic amines) is 2. The van der Waals surface area contributed by atoms with Crippen LogP contribution in [0.15, 0.2) is 22.8 Å². The van der Waals surface area contributed by atoms with Crippen LogP contribution < -0.4 is 5.32 Å². The van der Waals surface area contributed by atoms with Gasteiger partial charge in [0, 0.05) is 13.1 Å². The molecule has 6 heteroatoms. The first-order valence-electron chi connectivity index (χ1n) is 8.72. The number of piperidine rings is 1. The standard InChI is InChI=1S/C17H27N3O3/c21-13-14-6-4-10-20(14)17(22)18-12-15(16-7-5-11-23-16)19-8-2-1-3-9-19/h5,7,11,14-15,21H,1-4,6,8-10,12-13H2,(H,18,22). The Morgan fingerprint density at radius 3 is 2.83 bits per heavy atom. The minimum absolute atomic E-state index is 0.0351. The number of nitrogens with zero attached hydrogens (tertiary/aromatic N) is 2. The van der Waals surface area contributed by atoms with Crippen LogP contribution in [-0.4, -0.2) is 59.8 Å². The minimum Gasteiger partial charge on any atom is -0.468 e. The molecule has 1 aromatic heterocycles. The molecule has 0 spiro atoms. The Morgan fingerprint density at radius 1 is 1.30 bits per heavy atom. The molecule has 2 unspecified atom stereocenters. The van der Waals surface area contributed by atoms with Gasteiger partial charge in [0.2, 0.25) is 0 Å². The minimum atomic E-state index is -0.0740. The van der Waals surface area contributed by atoms with Gasteiger partial charge in [-0.25, -0.2) is 4.79 Å². The van der Waals surface area contributed by atoms with Crippen LogP contribution in [0.4, 0.5) is 4.79 Å². The molecule has 23 heavy (non-hydrogen) atoms. The van der Waals surface area contributed by atoms with E-state index in [1.54, 1.807) is 11.2 Å². The average molecular weight is 321 g/mol. The highest BCUT2D eigenvalue weighted by molar-refractivity contribution is 5.74. The number of nitrogens with one attached hydrogen (secondary N) is 1. The lowest BCUT2D eigenvalue weighted by Gasteiger charge is -2.34. The van der Waals surface area contributed by atoms with E-state index in [9.17, 15) is 9.90 Å². The zero-order valence-corrected chi connectivity index (χ0v) is 13.6. The van der Waals surface area contributed by atoms with Crippen molar-refractivity contribution in [1.29, 1.82) is 0 Å². The van der Waals surface area contributed by atoms with Gasteiger partial charge in [-0.3, -0.25) is 4.90 Å². The summed E-state index contributed by atoms with van der Waals surface area (Å²) in [5.41, 5.74) is 0. The summed E-state index contributed by atoms with van der Waals surface area (Å²) in [4.78, 5) is 16.6. The molecule has 2 aliphatic heterocycles. The molecule has 2 fully saturated rings. The second-order valence-corrected chi connectivity index (χ2v) is 6.49. The molecule has 2 saturated heterocycles. The fourth-order valence-electron chi connectivity index (χ4n) is 3.70. The Hall–Kier alpha value is -1.53. The van der Waals surface area contributed by atoms with Gasteiger partial charge in [-0.05, 0) is 50.9 Å². The lowest BCUT2D eigenvalue weighted by Crippen LogP contribution is -2.47. The van der Waals surface area contributed by atoms with E-state index >= 15 is 0 Å². The van der Waals surface area contributed by atoms with Crippen molar-refractivity contribution < 1.29 is 14.3 Å². The van der Waals surface area contributed by atoms with E-state index in [2.05, 4.69) is 10.2 Å². The molecule has 0 aromatic carbocycles.